The molecule has 0 aliphatic heterocycles. The van der Waals surface area contributed by atoms with E-state index in [4.69, 9.17) is 0 Å². The number of aromatic nitrogens is 5. The predicted octanol–water partition coefficient (Wildman–Crippen LogP) is 5.89. The summed E-state index contributed by atoms with van der Waals surface area (Å²) >= 11 is 5.35. The molecule has 0 unspecified atom stereocenters. The topological polar surface area (TPSA) is 103 Å². The van der Waals surface area contributed by atoms with Crippen molar-refractivity contribution < 1.29 is 4.92 Å². The second kappa shape index (κ2) is 11.8. The van der Waals surface area contributed by atoms with E-state index in [1.807, 2.05) is 54.0 Å². The number of hydrogen-bond acceptors (Lipinski definition) is 8. The molecular weight excluding hydrogens is 488 g/mol. The maximum atomic E-state index is 11.1. The van der Waals surface area contributed by atoms with Crippen LogP contribution in [0.4, 0.5) is 5.82 Å². The van der Waals surface area contributed by atoms with Gasteiger partial charge in [-0.05, 0) is 53.5 Å². The molecule has 0 spiro atoms. The van der Waals surface area contributed by atoms with Gasteiger partial charge in [-0.25, -0.2) is 14.5 Å². The molecule has 0 amide bonds. The number of hydrogen-bond donors (Lipinski definition) is 1. The second-order valence-corrected chi connectivity index (χ2v) is 10.9. The van der Waals surface area contributed by atoms with Crippen molar-refractivity contribution in [3.63, 3.8) is 0 Å². The molecule has 34 heavy (non-hydrogen) atoms. The van der Waals surface area contributed by atoms with Gasteiger partial charge in [0, 0.05) is 29.5 Å². The summed E-state index contributed by atoms with van der Waals surface area (Å²) in [7, 11) is 0. The third-order valence-electron chi connectivity index (χ3n) is 5.34. The number of imidazole rings is 2. The van der Waals surface area contributed by atoms with Gasteiger partial charge in [0.2, 0.25) is 0 Å². The highest BCUT2D eigenvalue weighted by Gasteiger charge is 2.16. The van der Waals surface area contributed by atoms with Crippen LogP contribution in [-0.2, 0) is 12.3 Å². The molecule has 3 aromatic heterocycles. The fourth-order valence-electron chi connectivity index (χ4n) is 3.47. The Kier molecular flexibility index (Phi) is 8.52. The summed E-state index contributed by atoms with van der Waals surface area (Å²) in [5, 5.41) is 12.0. The van der Waals surface area contributed by atoms with Crippen LogP contribution in [0, 0.1) is 24.0 Å². The number of para-hydroxylation sites is 2. The van der Waals surface area contributed by atoms with Gasteiger partial charge in [-0.15, -0.1) is 11.8 Å². The molecule has 0 saturated heterocycles. The molecule has 0 atom stereocenters. The summed E-state index contributed by atoms with van der Waals surface area (Å²) in [5.74, 6) is 4.41. The van der Waals surface area contributed by atoms with E-state index >= 15 is 0 Å². The minimum Gasteiger partial charge on any atom is -0.358 e. The SMILES string of the molecule is Cc1c(SCCCSCCn2c([N+](=O)[O-])cnc2C)ccnc1CSc1nc2ccccc2[nH]1. The van der Waals surface area contributed by atoms with Gasteiger partial charge in [-0.1, -0.05) is 23.9 Å². The molecule has 3 heterocycles. The first-order chi connectivity index (χ1) is 16.5. The van der Waals surface area contributed by atoms with Gasteiger partial charge in [0.05, 0.1) is 16.7 Å². The Morgan fingerprint density at radius 3 is 2.76 bits per heavy atom. The van der Waals surface area contributed by atoms with Crippen LogP contribution in [0.15, 0.2) is 52.8 Å². The molecule has 4 aromatic rings. The number of nitro groups is 1. The quantitative estimate of drug-likeness (QED) is 0.108. The number of aryl methyl sites for hydroxylation is 1. The molecule has 11 heteroatoms. The van der Waals surface area contributed by atoms with Crippen LogP contribution in [0.2, 0.25) is 0 Å². The highest BCUT2D eigenvalue weighted by molar-refractivity contribution is 8.00. The number of H-pyrrole nitrogens is 1. The average molecular weight is 515 g/mol. The summed E-state index contributed by atoms with van der Waals surface area (Å²) in [6, 6.07) is 10.1. The maximum absolute atomic E-state index is 11.1. The van der Waals surface area contributed by atoms with Crippen LogP contribution in [0.5, 0.6) is 0 Å². The number of rotatable bonds is 12. The maximum Gasteiger partial charge on any atom is 0.342 e. The van der Waals surface area contributed by atoms with Crippen molar-refractivity contribution in [3.05, 3.63) is 69.9 Å². The number of aromatic amines is 1. The van der Waals surface area contributed by atoms with Gasteiger partial charge in [0.15, 0.2) is 11.0 Å². The molecule has 0 aliphatic carbocycles. The molecular formula is C23H26N6O2S3. The van der Waals surface area contributed by atoms with E-state index in [9.17, 15) is 10.1 Å². The number of thioether (sulfide) groups is 3. The first kappa shape index (κ1) is 24.6. The van der Waals surface area contributed by atoms with Gasteiger partial charge >= 0.3 is 5.82 Å². The third kappa shape index (κ3) is 6.13. The number of benzene rings is 1. The van der Waals surface area contributed by atoms with E-state index in [0.717, 1.165) is 51.3 Å². The minimum atomic E-state index is -0.373. The highest BCUT2D eigenvalue weighted by atomic mass is 32.2. The van der Waals surface area contributed by atoms with Crippen molar-refractivity contribution in [3.8, 4) is 0 Å². The zero-order chi connectivity index (χ0) is 23.9. The van der Waals surface area contributed by atoms with E-state index in [-0.39, 0.29) is 10.7 Å². The molecule has 8 nitrogen and oxygen atoms in total. The Balaban J connectivity index is 1.20. The Morgan fingerprint density at radius 1 is 1.09 bits per heavy atom. The third-order valence-corrected chi connectivity index (χ3v) is 8.52. The zero-order valence-electron chi connectivity index (χ0n) is 19.1. The monoisotopic (exact) mass is 514 g/mol. The van der Waals surface area contributed by atoms with Crippen LogP contribution in [0.25, 0.3) is 11.0 Å². The van der Waals surface area contributed by atoms with Gasteiger partial charge in [-0.2, -0.15) is 11.8 Å². The number of pyridine rings is 1. The Hall–Kier alpha value is -2.50. The fraction of sp³-hybridized carbons (Fsp3) is 0.348. The lowest BCUT2D eigenvalue weighted by Gasteiger charge is -2.09. The summed E-state index contributed by atoms with van der Waals surface area (Å²) in [5.41, 5.74) is 4.35. The Morgan fingerprint density at radius 2 is 1.94 bits per heavy atom. The molecule has 1 N–H and O–H groups in total. The molecule has 0 radical (unpaired) electrons. The van der Waals surface area contributed by atoms with Crippen LogP contribution in [-0.4, -0.2) is 46.7 Å². The van der Waals surface area contributed by atoms with Crippen molar-refractivity contribution in [2.45, 2.75) is 42.6 Å². The number of nitrogens with zero attached hydrogens (tertiary/aromatic N) is 5. The fourth-order valence-corrected chi connectivity index (χ4v) is 6.43. The van der Waals surface area contributed by atoms with E-state index < -0.39 is 0 Å². The van der Waals surface area contributed by atoms with Crippen LogP contribution < -0.4 is 0 Å². The molecule has 0 bridgehead atoms. The van der Waals surface area contributed by atoms with Crippen LogP contribution in [0.3, 0.4) is 0 Å². The summed E-state index contributed by atoms with van der Waals surface area (Å²) in [6.45, 7) is 4.55. The van der Waals surface area contributed by atoms with Crippen molar-refractivity contribution in [2.75, 3.05) is 17.3 Å². The van der Waals surface area contributed by atoms with Gasteiger partial charge < -0.3 is 15.1 Å². The first-order valence-corrected chi connectivity index (χ1v) is 14.0. The standard InChI is InChI=1S/C23H26N6O2S3/c1-16-20(15-34-23-26-18-6-3-4-7-19(18)27-23)24-9-8-21(16)33-12-5-11-32-13-10-28-17(2)25-14-22(28)29(30)31/h3-4,6-9,14H,5,10-13,15H2,1-2H3,(H,26,27). The zero-order valence-corrected chi connectivity index (χ0v) is 21.5. The van der Waals surface area contributed by atoms with Crippen LogP contribution in [0.1, 0.15) is 23.5 Å². The predicted molar refractivity (Wildman–Crippen MR) is 141 cm³/mol. The van der Waals surface area contributed by atoms with Crippen molar-refractivity contribution in [1.29, 1.82) is 0 Å². The first-order valence-electron chi connectivity index (χ1n) is 10.9. The number of nitrogens with one attached hydrogen (secondary N) is 1. The summed E-state index contributed by atoms with van der Waals surface area (Å²) < 4.78 is 1.67. The largest absolute Gasteiger partial charge is 0.358 e. The van der Waals surface area contributed by atoms with Crippen LogP contribution >= 0.6 is 35.3 Å². The summed E-state index contributed by atoms with van der Waals surface area (Å²) in [6.07, 6.45) is 4.29. The number of fused-ring (bicyclic) bond motifs is 1. The normalized spacial score (nSPS) is 11.4. The van der Waals surface area contributed by atoms with Gasteiger partial charge in [-0.3, -0.25) is 4.98 Å². The van der Waals surface area contributed by atoms with E-state index in [0.29, 0.717) is 12.4 Å². The molecule has 178 valence electrons. The summed E-state index contributed by atoms with van der Waals surface area (Å²) in [4.78, 5) is 28.6. The smallest absolute Gasteiger partial charge is 0.342 e. The lowest BCUT2D eigenvalue weighted by molar-refractivity contribution is -0.392. The van der Waals surface area contributed by atoms with E-state index in [1.54, 1.807) is 23.3 Å². The Bertz CT molecular complexity index is 1240. The lowest BCUT2D eigenvalue weighted by atomic mass is 10.2. The average Bonchev–Trinajstić information content (AvgIpc) is 3.41. The highest BCUT2D eigenvalue weighted by Crippen LogP contribution is 2.29. The van der Waals surface area contributed by atoms with Crippen molar-refractivity contribution in [2.24, 2.45) is 0 Å². The van der Waals surface area contributed by atoms with E-state index in [1.165, 1.54) is 16.7 Å². The van der Waals surface area contributed by atoms with Gasteiger partial charge in [0.25, 0.3) is 0 Å². The van der Waals surface area contributed by atoms with E-state index in [2.05, 4.69) is 32.9 Å². The molecule has 4 rings (SSSR count). The van der Waals surface area contributed by atoms with Gasteiger partial charge in [0.1, 0.15) is 12.7 Å². The second-order valence-electron chi connectivity index (χ2n) is 7.62. The molecule has 1 aromatic carbocycles. The van der Waals surface area contributed by atoms with Crippen molar-refractivity contribution in [1.82, 2.24) is 24.5 Å². The minimum absolute atomic E-state index is 0.0658. The van der Waals surface area contributed by atoms with Crippen molar-refractivity contribution >= 4 is 52.1 Å². The molecule has 0 saturated carbocycles. The lowest BCUT2D eigenvalue weighted by Crippen LogP contribution is -2.07. The molecule has 0 fully saturated rings. The Labute approximate surface area is 210 Å². The molecule has 0 aliphatic rings.